The molecule has 3 aromatic heterocycles. The maximum Gasteiger partial charge on any atom is 0.247 e. The van der Waals surface area contributed by atoms with Crippen LogP contribution in [0, 0.1) is 5.82 Å². The number of nitrogens with one attached hydrogen (secondary N) is 1. The summed E-state index contributed by atoms with van der Waals surface area (Å²) in [7, 11) is -1.91. The zero-order valence-electron chi connectivity index (χ0n) is 17.6. The van der Waals surface area contributed by atoms with E-state index < -0.39 is 20.8 Å². The minimum atomic E-state index is -3.67. The van der Waals surface area contributed by atoms with Crippen LogP contribution in [0.25, 0.3) is 22.1 Å². The van der Waals surface area contributed by atoms with Crippen LogP contribution in [0.5, 0.6) is 11.5 Å². The standard InChI is InChI=1S/C20H14ClFN8O3S/c1-30-14-5-3-10(7-12(14)28-29-30)33-15-6-4-11(17(22)16(15)21)26-19-18-13(24-9-25-19)8-23-20(27-18)34(2,31)32/h3-9H,1-2H3,(H,24,25,26). The number of benzene rings is 2. The minimum Gasteiger partial charge on any atom is -0.456 e. The van der Waals surface area contributed by atoms with Crippen molar-refractivity contribution in [2.24, 2.45) is 7.05 Å². The monoisotopic (exact) mass is 500 g/mol. The molecule has 2 aromatic carbocycles. The highest BCUT2D eigenvalue weighted by molar-refractivity contribution is 7.90. The van der Waals surface area contributed by atoms with Crippen molar-refractivity contribution in [2.75, 3.05) is 11.6 Å². The Morgan fingerprint density at radius 1 is 1.12 bits per heavy atom. The van der Waals surface area contributed by atoms with Gasteiger partial charge in [-0.3, -0.25) is 0 Å². The Balaban J connectivity index is 1.47. The number of aromatic nitrogens is 7. The Morgan fingerprint density at radius 2 is 1.94 bits per heavy atom. The third-order valence-corrected chi connectivity index (χ3v) is 6.01. The molecule has 0 bridgehead atoms. The maximum atomic E-state index is 15.1. The van der Waals surface area contributed by atoms with E-state index in [0.717, 1.165) is 11.8 Å². The molecule has 0 spiro atoms. The van der Waals surface area contributed by atoms with E-state index >= 15 is 4.39 Å². The fourth-order valence-electron chi connectivity index (χ4n) is 3.15. The fourth-order valence-corrected chi connectivity index (χ4v) is 3.86. The van der Waals surface area contributed by atoms with Crippen LogP contribution >= 0.6 is 11.6 Å². The van der Waals surface area contributed by atoms with Gasteiger partial charge in [-0.05, 0) is 24.3 Å². The second-order valence-electron chi connectivity index (χ2n) is 7.21. The Labute approximate surface area is 196 Å². The van der Waals surface area contributed by atoms with Crippen molar-refractivity contribution in [3.63, 3.8) is 0 Å². The van der Waals surface area contributed by atoms with E-state index in [2.05, 4.69) is 35.6 Å². The number of nitrogens with zero attached hydrogens (tertiary/aromatic N) is 7. The molecular formula is C20H14ClFN8O3S. The van der Waals surface area contributed by atoms with E-state index in [1.54, 1.807) is 29.9 Å². The zero-order valence-corrected chi connectivity index (χ0v) is 19.1. The second kappa shape index (κ2) is 8.11. The van der Waals surface area contributed by atoms with Crippen molar-refractivity contribution in [1.82, 2.24) is 34.9 Å². The van der Waals surface area contributed by atoms with Crippen LogP contribution < -0.4 is 10.1 Å². The number of rotatable bonds is 5. The van der Waals surface area contributed by atoms with E-state index in [-0.39, 0.29) is 33.3 Å². The summed E-state index contributed by atoms with van der Waals surface area (Å²) in [5.41, 5.74) is 1.77. The highest BCUT2D eigenvalue weighted by Crippen LogP contribution is 2.36. The lowest BCUT2D eigenvalue weighted by Gasteiger charge is -2.13. The second-order valence-corrected chi connectivity index (χ2v) is 9.50. The van der Waals surface area contributed by atoms with Crippen molar-refractivity contribution in [1.29, 1.82) is 0 Å². The topological polar surface area (TPSA) is 138 Å². The van der Waals surface area contributed by atoms with Crippen LogP contribution in [0.15, 0.2) is 48.0 Å². The average Bonchev–Trinajstić information content (AvgIpc) is 3.18. The molecule has 0 unspecified atom stereocenters. The van der Waals surface area contributed by atoms with Crippen LogP contribution in [0.3, 0.4) is 0 Å². The molecule has 0 fully saturated rings. The highest BCUT2D eigenvalue weighted by Gasteiger charge is 2.18. The summed E-state index contributed by atoms with van der Waals surface area (Å²) < 4.78 is 46.1. The number of hydrogen-bond acceptors (Lipinski definition) is 10. The van der Waals surface area contributed by atoms with Gasteiger partial charge in [-0.2, -0.15) is 0 Å². The number of hydrogen-bond donors (Lipinski definition) is 1. The molecule has 5 aromatic rings. The number of fused-ring (bicyclic) bond motifs is 2. The summed E-state index contributed by atoms with van der Waals surface area (Å²) in [6.07, 6.45) is 3.44. The molecule has 5 rings (SSSR count). The van der Waals surface area contributed by atoms with Crippen LogP contribution in [-0.4, -0.2) is 49.6 Å². The summed E-state index contributed by atoms with van der Waals surface area (Å²) in [4.78, 5) is 15.9. The van der Waals surface area contributed by atoms with Gasteiger partial charge in [0, 0.05) is 19.4 Å². The lowest BCUT2D eigenvalue weighted by Crippen LogP contribution is -2.06. The molecule has 0 radical (unpaired) electrons. The highest BCUT2D eigenvalue weighted by atomic mass is 35.5. The van der Waals surface area contributed by atoms with E-state index in [4.69, 9.17) is 16.3 Å². The molecule has 0 atom stereocenters. The van der Waals surface area contributed by atoms with Crippen molar-refractivity contribution in [3.8, 4) is 11.5 Å². The third-order valence-electron chi connectivity index (χ3n) is 4.80. The molecular weight excluding hydrogens is 487 g/mol. The predicted octanol–water partition coefficient (Wildman–Crippen LogP) is 3.43. The SMILES string of the molecule is Cn1nnc2cc(Oc3ccc(Nc4ncnc5cnc(S(C)(=O)=O)nc45)c(F)c3Cl)ccc21. The number of aryl methyl sites for hydroxylation is 1. The van der Waals surface area contributed by atoms with E-state index in [1.807, 2.05) is 0 Å². The van der Waals surface area contributed by atoms with Gasteiger partial charge < -0.3 is 10.1 Å². The smallest absolute Gasteiger partial charge is 0.247 e. The Bertz CT molecular complexity index is 1690. The molecule has 11 nitrogen and oxygen atoms in total. The van der Waals surface area contributed by atoms with Crippen molar-refractivity contribution >= 4 is 55.0 Å². The van der Waals surface area contributed by atoms with Gasteiger partial charge in [0.2, 0.25) is 15.0 Å². The van der Waals surface area contributed by atoms with Gasteiger partial charge in [-0.15, -0.1) is 5.10 Å². The number of anilines is 2. The minimum absolute atomic E-state index is 0.0266. The van der Waals surface area contributed by atoms with Gasteiger partial charge in [0.15, 0.2) is 11.6 Å². The summed E-state index contributed by atoms with van der Waals surface area (Å²) in [5.74, 6) is -0.234. The van der Waals surface area contributed by atoms with Crippen LogP contribution in [0.1, 0.15) is 0 Å². The molecule has 0 saturated heterocycles. The molecule has 1 N–H and O–H groups in total. The first-order valence-electron chi connectivity index (χ1n) is 9.61. The quantitative estimate of drug-likeness (QED) is 0.357. The number of halogens is 2. The van der Waals surface area contributed by atoms with E-state index in [0.29, 0.717) is 11.3 Å². The summed E-state index contributed by atoms with van der Waals surface area (Å²) in [6.45, 7) is 0. The van der Waals surface area contributed by atoms with Gasteiger partial charge >= 0.3 is 0 Å². The number of ether oxygens (including phenoxy) is 1. The first kappa shape index (κ1) is 21.9. The molecule has 172 valence electrons. The Hall–Kier alpha value is -3.97. The van der Waals surface area contributed by atoms with E-state index in [1.165, 1.54) is 24.7 Å². The number of sulfone groups is 1. The van der Waals surface area contributed by atoms with Gasteiger partial charge in [0.25, 0.3) is 0 Å². The van der Waals surface area contributed by atoms with Gasteiger partial charge in [-0.1, -0.05) is 16.8 Å². The van der Waals surface area contributed by atoms with E-state index in [9.17, 15) is 8.42 Å². The lowest BCUT2D eigenvalue weighted by molar-refractivity contribution is 0.478. The van der Waals surface area contributed by atoms with Crippen molar-refractivity contribution in [2.45, 2.75) is 5.16 Å². The molecule has 34 heavy (non-hydrogen) atoms. The molecule has 0 saturated carbocycles. The average molecular weight is 501 g/mol. The zero-order chi connectivity index (χ0) is 24.0. The maximum absolute atomic E-state index is 15.1. The molecule has 0 aliphatic heterocycles. The van der Waals surface area contributed by atoms with Crippen molar-refractivity contribution in [3.05, 3.63) is 53.7 Å². The molecule has 14 heteroatoms. The van der Waals surface area contributed by atoms with Crippen LogP contribution in [0.4, 0.5) is 15.9 Å². The lowest BCUT2D eigenvalue weighted by atomic mass is 10.2. The third kappa shape index (κ3) is 3.95. The van der Waals surface area contributed by atoms with Crippen LogP contribution in [-0.2, 0) is 16.9 Å². The summed E-state index contributed by atoms with van der Waals surface area (Å²) in [6, 6.07) is 8.02. The normalized spacial score (nSPS) is 11.8. The Kier molecular flexibility index (Phi) is 5.21. The van der Waals surface area contributed by atoms with Gasteiger partial charge in [-0.25, -0.2) is 37.4 Å². The van der Waals surface area contributed by atoms with Crippen LogP contribution in [0.2, 0.25) is 5.02 Å². The Morgan fingerprint density at radius 3 is 2.74 bits per heavy atom. The predicted molar refractivity (Wildman–Crippen MR) is 122 cm³/mol. The fraction of sp³-hybridized carbons (Fsp3) is 0.100. The molecule has 3 heterocycles. The summed E-state index contributed by atoms with van der Waals surface area (Å²) in [5, 5.41) is 10.1. The molecule has 0 aliphatic carbocycles. The van der Waals surface area contributed by atoms with Gasteiger partial charge in [0.1, 0.15) is 39.4 Å². The first-order valence-corrected chi connectivity index (χ1v) is 11.9. The van der Waals surface area contributed by atoms with Crippen molar-refractivity contribution < 1.29 is 17.5 Å². The summed E-state index contributed by atoms with van der Waals surface area (Å²) >= 11 is 6.23. The first-order chi connectivity index (χ1) is 16.2. The largest absolute Gasteiger partial charge is 0.456 e. The molecule has 0 amide bonds. The molecule has 0 aliphatic rings. The van der Waals surface area contributed by atoms with Gasteiger partial charge in [0.05, 0.1) is 17.4 Å².